The number of halogens is 3. The average molecular weight is 481 g/mol. The average Bonchev–Trinajstić information content (AvgIpc) is 3.30. The Kier molecular flexibility index (Phi) is 6.58. The van der Waals surface area contributed by atoms with E-state index in [2.05, 4.69) is 15.2 Å². The topological polar surface area (TPSA) is 51.8 Å². The highest BCUT2D eigenvalue weighted by atomic mass is 35.5. The van der Waals surface area contributed by atoms with E-state index in [1.165, 1.54) is 29.8 Å². The summed E-state index contributed by atoms with van der Waals surface area (Å²) in [5, 5.41) is 9.61. The molecule has 2 aromatic heterocycles. The second-order valence-electron chi connectivity index (χ2n) is 6.26. The monoisotopic (exact) mass is 480 g/mol. The lowest BCUT2D eigenvalue weighted by Gasteiger charge is -2.08. The number of hydrogen-bond donors (Lipinski definition) is 0. The minimum atomic E-state index is -0.391. The first-order valence-electron chi connectivity index (χ1n) is 8.82. The van der Waals surface area contributed by atoms with Gasteiger partial charge in [0, 0.05) is 21.2 Å². The van der Waals surface area contributed by atoms with Crippen LogP contribution in [0.5, 0.6) is 0 Å². The Balaban J connectivity index is 1.57. The van der Waals surface area contributed by atoms with Gasteiger partial charge in [-0.05, 0) is 43.3 Å². The predicted octanol–water partition coefficient (Wildman–Crippen LogP) is 6.26. The first-order chi connectivity index (χ1) is 14.5. The molecule has 0 aliphatic heterocycles. The summed E-state index contributed by atoms with van der Waals surface area (Å²) in [5.74, 6) is 0.181. The first kappa shape index (κ1) is 21.1. The Labute approximate surface area is 190 Å². The molecule has 30 heavy (non-hydrogen) atoms. The third-order valence-corrected chi connectivity index (χ3v) is 7.04. The van der Waals surface area contributed by atoms with Crippen LogP contribution in [0.15, 0.2) is 58.8 Å². The molecule has 2 heterocycles. The summed E-state index contributed by atoms with van der Waals surface area (Å²) in [6.07, 6.45) is 1.52. The third-order valence-electron chi connectivity index (χ3n) is 4.22. The molecule has 0 saturated heterocycles. The molecule has 4 rings (SSSR count). The van der Waals surface area contributed by atoms with Crippen LogP contribution in [0.25, 0.3) is 4.96 Å². The van der Waals surface area contributed by atoms with E-state index in [1.807, 2.05) is 31.2 Å². The van der Waals surface area contributed by atoms with E-state index in [4.69, 9.17) is 28.0 Å². The van der Waals surface area contributed by atoms with Gasteiger partial charge in [-0.2, -0.15) is 5.10 Å². The van der Waals surface area contributed by atoms with Gasteiger partial charge in [-0.1, -0.05) is 45.8 Å². The summed E-state index contributed by atoms with van der Waals surface area (Å²) in [6.45, 7) is 2.10. The predicted molar refractivity (Wildman–Crippen MR) is 121 cm³/mol. The molecule has 2 aromatic carbocycles. The van der Waals surface area contributed by atoms with Gasteiger partial charge in [0.25, 0.3) is 0 Å². The molecule has 0 unspecified atom stereocenters. The molecule has 0 fully saturated rings. The van der Waals surface area contributed by atoms with E-state index in [0.717, 1.165) is 26.1 Å². The van der Waals surface area contributed by atoms with Crippen LogP contribution in [0.1, 0.15) is 16.1 Å². The quantitative estimate of drug-likeness (QED) is 0.178. The Morgan fingerprint density at radius 2 is 2.03 bits per heavy atom. The van der Waals surface area contributed by atoms with E-state index in [1.54, 1.807) is 22.3 Å². The van der Waals surface area contributed by atoms with Crippen molar-refractivity contribution in [2.75, 3.05) is 5.75 Å². The van der Waals surface area contributed by atoms with E-state index in [0.29, 0.717) is 21.4 Å². The summed E-state index contributed by atoms with van der Waals surface area (Å²) in [7, 11) is 0. The molecule has 0 atom stereocenters. The molecule has 0 aliphatic rings. The van der Waals surface area contributed by atoms with Crippen molar-refractivity contribution in [1.82, 2.24) is 14.6 Å². The molecule has 5 nitrogen and oxygen atoms in total. The van der Waals surface area contributed by atoms with Crippen LogP contribution in [0, 0.1) is 12.7 Å². The molecule has 0 radical (unpaired) electrons. The number of aryl methyl sites for hydroxylation is 1. The van der Waals surface area contributed by atoms with Crippen molar-refractivity contribution in [1.29, 1.82) is 0 Å². The molecule has 0 spiro atoms. The second kappa shape index (κ2) is 9.34. The Morgan fingerprint density at radius 3 is 2.77 bits per heavy atom. The maximum Gasteiger partial charge on any atom is 0.212 e. The van der Waals surface area contributed by atoms with E-state index >= 15 is 0 Å². The number of thioether (sulfide) groups is 1. The van der Waals surface area contributed by atoms with Crippen LogP contribution in [-0.4, -0.2) is 26.1 Å². The molecule has 0 amide bonds. The second-order valence-corrected chi connectivity index (χ2v) is 9.13. The minimum Gasteiger partial charge on any atom is -0.391 e. The highest BCUT2D eigenvalue weighted by Crippen LogP contribution is 2.27. The van der Waals surface area contributed by atoms with Crippen molar-refractivity contribution in [2.24, 2.45) is 5.16 Å². The summed E-state index contributed by atoms with van der Waals surface area (Å²) in [4.78, 5) is 12.6. The van der Waals surface area contributed by atoms with Crippen LogP contribution in [0.4, 0.5) is 4.39 Å². The maximum atomic E-state index is 13.2. The lowest BCUT2D eigenvalue weighted by molar-refractivity contribution is 0.130. The van der Waals surface area contributed by atoms with Gasteiger partial charge in [0.1, 0.15) is 24.5 Å². The molecule has 0 saturated carbocycles. The van der Waals surface area contributed by atoms with Gasteiger partial charge in [0.2, 0.25) is 4.96 Å². The zero-order valence-corrected chi connectivity index (χ0v) is 18.8. The number of hydrogen-bond acceptors (Lipinski definition) is 6. The molecule has 0 aliphatic carbocycles. The van der Waals surface area contributed by atoms with Crippen molar-refractivity contribution in [3.05, 3.63) is 80.8 Å². The standard InChI is InChI=1S/C20H15Cl2FN4OS2/c1-12-19(30-20-24-11-25-27(12)20)18(10-29-16-6-3-14(21)4-7-16)26-28-9-13-2-5-15(23)8-17(13)22/h2-8,11H,9-10H2,1H3. The van der Waals surface area contributed by atoms with Gasteiger partial charge in [-0.15, -0.1) is 11.8 Å². The molecule has 0 N–H and O–H groups in total. The Bertz CT molecular complexity index is 1210. The lowest BCUT2D eigenvalue weighted by atomic mass is 10.2. The van der Waals surface area contributed by atoms with Gasteiger partial charge in [-0.3, -0.25) is 0 Å². The van der Waals surface area contributed by atoms with Crippen LogP contribution in [0.2, 0.25) is 10.0 Å². The van der Waals surface area contributed by atoms with Crippen LogP contribution in [-0.2, 0) is 11.4 Å². The zero-order chi connectivity index (χ0) is 21.1. The fraction of sp³-hybridized carbons (Fsp3) is 0.150. The fourth-order valence-electron chi connectivity index (χ4n) is 2.69. The summed E-state index contributed by atoms with van der Waals surface area (Å²) in [6, 6.07) is 11.8. The van der Waals surface area contributed by atoms with Gasteiger partial charge in [0.05, 0.1) is 15.6 Å². The summed E-state index contributed by atoms with van der Waals surface area (Å²) >= 11 is 15.2. The molecular formula is C20H15Cl2FN4OS2. The van der Waals surface area contributed by atoms with Crippen molar-refractivity contribution >= 4 is 57.0 Å². The third kappa shape index (κ3) is 4.78. The highest BCUT2D eigenvalue weighted by molar-refractivity contribution is 8.00. The minimum absolute atomic E-state index is 0.133. The fourth-order valence-corrected chi connectivity index (χ4v) is 4.98. The number of benzene rings is 2. The Morgan fingerprint density at radius 1 is 1.23 bits per heavy atom. The molecule has 10 heteroatoms. The molecule has 0 bridgehead atoms. The maximum absolute atomic E-state index is 13.2. The summed E-state index contributed by atoms with van der Waals surface area (Å²) in [5.41, 5.74) is 2.35. The molecule has 4 aromatic rings. The van der Waals surface area contributed by atoms with Crippen LogP contribution in [0.3, 0.4) is 0 Å². The van der Waals surface area contributed by atoms with Gasteiger partial charge in [-0.25, -0.2) is 13.9 Å². The number of nitrogens with zero attached hydrogens (tertiary/aromatic N) is 4. The van der Waals surface area contributed by atoms with Gasteiger partial charge >= 0.3 is 0 Å². The SMILES string of the molecule is Cc1c(C(CSc2ccc(Cl)cc2)=NOCc2ccc(F)cc2Cl)sc2ncnn12. The van der Waals surface area contributed by atoms with Crippen LogP contribution >= 0.6 is 46.3 Å². The van der Waals surface area contributed by atoms with Crippen molar-refractivity contribution in [3.63, 3.8) is 0 Å². The molecular weight excluding hydrogens is 466 g/mol. The zero-order valence-electron chi connectivity index (χ0n) is 15.7. The van der Waals surface area contributed by atoms with Crippen molar-refractivity contribution in [2.45, 2.75) is 18.4 Å². The number of rotatable bonds is 7. The van der Waals surface area contributed by atoms with E-state index in [-0.39, 0.29) is 6.61 Å². The van der Waals surface area contributed by atoms with Gasteiger partial charge < -0.3 is 4.84 Å². The molecule has 154 valence electrons. The van der Waals surface area contributed by atoms with E-state index < -0.39 is 5.82 Å². The van der Waals surface area contributed by atoms with Crippen LogP contribution < -0.4 is 0 Å². The first-order valence-corrected chi connectivity index (χ1v) is 11.4. The number of thiazole rings is 1. The normalized spacial score (nSPS) is 11.9. The number of aromatic nitrogens is 3. The highest BCUT2D eigenvalue weighted by Gasteiger charge is 2.17. The van der Waals surface area contributed by atoms with Crippen molar-refractivity contribution < 1.29 is 9.23 Å². The summed E-state index contributed by atoms with van der Waals surface area (Å²) < 4.78 is 15.0. The smallest absolute Gasteiger partial charge is 0.212 e. The lowest BCUT2D eigenvalue weighted by Crippen LogP contribution is -2.07. The Hall–Kier alpha value is -2.13. The number of fused-ring (bicyclic) bond motifs is 1. The van der Waals surface area contributed by atoms with Crippen molar-refractivity contribution in [3.8, 4) is 0 Å². The number of oxime groups is 1. The van der Waals surface area contributed by atoms with Gasteiger partial charge in [0.15, 0.2) is 0 Å². The van der Waals surface area contributed by atoms with E-state index in [9.17, 15) is 4.39 Å². The largest absolute Gasteiger partial charge is 0.391 e.